The number of aromatic nitrogens is 3. The van der Waals surface area contributed by atoms with Gasteiger partial charge in [0.15, 0.2) is 5.17 Å². The molecule has 128 valence electrons. The van der Waals surface area contributed by atoms with Crippen molar-refractivity contribution in [2.24, 2.45) is 5.73 Å². The first-order valence-electron chi connectivity index (χ1n) is 7.16. The molecule has 0 bridgehead atoms. The van der Waals surface area contributed by atoms with Gasteiger partial charge in [0.2, 0.25) is 17.1 Å². The molecule has 0 amide bonds. The van der Waals surface area contributed by atoms with E-state index in [2.05, 4.69) is 24.8 Å². The third-order valence-electron chi connectivity index (χ3n) is 3.38. The van der Waals surface area contributed by atoms with Crippen molar-refractivity contribution in [2.75, 3.05) is 62.4 Å². The maximum atomic E-state index is 7.43. The Morgan fingerprint density at radius 2 is 1.35 bits per heavy atom. The molecule has 0 unspecified atom stereocenters. The Morgan fingerprint density at radius 3 is 1.74 bits per heavy atom. The van der Waals surface area contributed by atoms with Crippen LogP contribution in [0.3, 0.4) is 0 Å². The van der Waals surface area contributed by atoms with Crippen molar-refractivity contribution in [1.82, 2.24) is 15.0 Å². The molecule has 3 N–H and O–H groups in total. The van der Waals surface area contributed by atoms with Gasteiger partial charge in [0.1, 0.15) is 0 Å². The highest BCUT2D eigenvalue weighted by molar-refractivity contribution is 8.13. The van der Waals surface area contributed by atoms with Crippen molar-refractivity contribution in [1.29, 1.82) is 5.41 Å². The van der Waals surface area contributed by atoms with Crippen LogP contribution in [0.1, 0.15) is 0 Å². The summed E-state index contributed by atoms with van der Waals surface area (Å²) >= 11 is 1.04. The van der Waals surface area contributed by atoms with Crippen LogP contribution in [-0.4, -0.2) is 72.7 Å². The first kappa shape index (κ1) is 18.0. The van der Waals surface area contributed by atoms with Gasteiger partial charge in [0, 0.05) is 26.2 Å². The van der Waals surface area contributed by atoms with Crippen molar-refractivity contribution in [3.05, 3.63) is 0 Å². The summed E-state index contributed by atoms with van der Waals surface area (Å²) in [5, 5.41) is 7.85. The second-order valence-electron chi connectivity index (χ2n) is 4.88. The lowest BCUT2D eigenvalue weighted by molar-refractivity contribution is 0.121. The van der Waals surface area contributed by atoms with E-state index >= 15 is 0 Å². The second-order valence-corrected chi connectivity index (χ2v) is 5.89. The van der Waals surface area contributed by atoms with Crippen LogP contribution < -0.4 is 15.5 Å². The van der Waals surface area contributed by atoms with Crippen LogP contribution in [0.5, 0.6) is 0 Å². The predicted octanol–water partition coefficient (Wildman–Crippen LogP) is -0.0478. The Morgan fingerprint density at radius 1 is 0.913 bits per heavy atom. The number of rotatable bonds is 3. The van der Waals surface area contributed by atoms with E-state index in [1.54, 1.807) is 0 Å². The molecule has 1 aromatic rings. The van der Waals surface area contributed by atoms with Gasteiger partial charge in [-0.1, -0.05) is 0 Å². The van der Waals surface area contributed by atoms with Gasteiger partial charge < -0.3 is 25.0 Å². The van der Waals surface area contributed by atoms with E-state index < -0.39 is 0 Å². The van der Waals surface area contributed by atoms with Crippen molar-refractivity contribution in [2.45, 2.75) is 5.16 Å². The third kappa shape index (κ3) is 4.80. The van der Waals surface area contributed by atoms with E-state index in [1.807, 2.05) is 0 Å². The normalized spacial score (nSPS) is 18.4. The van der Waals surface area contributed by atoms with Gasteiger partial charge in [0.05, 0.1) is 26.4 Å². The molecule has 23 heavy (non-hydrogen) atoms. The van der Waals surface area contributed by atoms with E-state index in [9.17, 15) is 0 Å². The lowest BCUT2D eigenvalue weighted by Crippen LogP contribution is -2.40. The van der Waals surface area contributed by atoms with Crippen LogP contribution in [0.25, 0.3) is 0 Å². The minimum atomic E-state index is -0.0351. The van der Waals surface area contributed by atoms with Crippen LogP contribution in [0.4, 0.5) is 11.9 Å². The molecule has 9 nitrogen and oxygen atoms in total. The molecule has 3 heterocycles. The average Bonchev–Trinajstić information content (AvgIpc) is 2.55. The van der Waals surface area contributed by atoms with Crippen molar-refractivity contribution in [3.8, 4) is 0 Å². The predicted molar refractivity (Wildman–Crippen MR) is 90.9 cm³/mol. The summed E-state index contributed by atoms with van der Waals surface area (Å²) in [6.07, 6.45) is 0. The molecule has 2 aliphatic rings. The monoisotopic (exact) mass is 361 g/mol. The lowest BCUT2D eigenvalue weighted by Gasteiger charge is -2.30. The van der Waals surface area contributed by atoms with E-state index in [-0.39, 0.29) is 17.6 Å². The molecular formula is C12H20ClN7O2S. The van der Waals surface area contributed by atoms with E-state index in [4.69, 9.17) is 20.6 Å². The molecule has 3 rings (SSSR count). The van der Waals surface area contributed by atoms with Crippen molar-refractivity contribution in [3.63, 3.8) is 0 Å². The van der Waals surface area contributed by atoms with Gasteiger partial charge in [-0.3, -0.25) is 5.41 Å². The van der Waals surface area contributed by atoms with Crippen LogP contribution >= 0.6 is 24.2 Å². The number of nitrogens with two attached hydrogens (primary N) is 1. The number of halogens is 1. The minimum Gasteiger partial charge on any atom is -0.378 e. The second kappa shape index (κ2) is 8.48. The van der Waals surface area contributed by atoms with Gasteiger partial charge in [-0.05, 0) is 11.8 Å². The van der Waals surface area contributed by atoms with Crippen LogP contribution in [0.2, 0.25) is 0 Å². The van der Waals surface area contributed by atoms with Crippen LogP contribution in [0, 0.1) is 5.41 Å². The molecule has 2 aliphatic heterocycles. The Bertz CT molecular complexity index is 502. The standard InChI is InChI=1S/C12H19N7O2S.ClH/c13-9(14)22-12-16-10(18-1-5-20-6-2-18)15-11(17-12)19-3-7-21-8-4-19;/h1-8H2,(H3,13,14);1H. The van der Waals surface area contributed by atoms with Crippen LogP contribution in [0.15, 0.2) is 5.16 Å². The summed E-state index contributed by atoms with van der Waals surface area (Å²) in [5.41, 5.74) is 5.46. The SMILES string of the molecule is Cl.N=C(N)Sc1nc(N2CCOCC2)nc(N2CCOCC2)n1. The lowest BCUT2D eigenvalue weighted by atomic mass is 10.4. The number of anilines is 2. The summed E-state index contributed by atoms with van der Waals surface area (Å²) < 4.78 is 10.7. The molecule has 1 aromatic heterocycles. The molecule has 0 spiro atoms. The maximum Gasteiger partial charge on any atom is 0.231 e. The number of hydrogen-bond donors (Lipinski definition) is 2. The summed E-state index contributed by atoms with van der Waals surface area (Å²) in [5.74, 6) is 1.23. The van der Waals surface area contributed by atoms with E-state index in [1.165, 1.54) is 0 Å². The van der Waals surface area contributed by atoms with Gasteiger partial charge in [-0.2, -0.15) is 15.0 Å². The molecule has 0 radical (unpaired) electrons. The van der Waals surface area contributed by atoms with Crippen molar-refractivity contribution >= 4 is 41.2 Å². The fraction of sp³-hybridized carbons (Fsp3) is 0.667. The highest BCUT2D eigenvalue weighted by atomic mass is 35.5. The highest BCUT2D eigenvalue weighted by Crippen LogP contribution is 2.21. The molecule has 0 saturated carbocycles. The largest absolute Gasteiger partial charge is 0.378 e. The number of thioether (sulfide) groups is 1. The van der Waals surface area contributed by atoms with E-state index in [0.717, 1.165) is 37.9 Å². The average molecular weight is 362 g/mol. The Hall–Kier alpha value is -1.36. The molecular weight excluding hydrogens is 342 g/mol. The first-order valence-corrected chi connectivity index (χ1v) is 7.97. The number of nitrogens with zero attached hydrogens (tertiary/aromatic N) is 5. The Kier molecular flexibility index (Phi) is 6.63. The number of ether oxygens (including phenoxy) is 2. The van der Waals surface area contributed by atoms with Gasteiger partial charge >= 0.3 is 0 Å². The maximum absolute atomic E-state index is 7.43. The summed E-state index contributed by atoms with van der Waals surface area (Å²) in [4.78, 5) is 17.6. The number of hydrogen-bond acceptors (Lipinski definition) is 9. The highest BCUT2D eigenvalue weighted by Gasteiger charge is 2.21. The number of amidine groups is 1. The zero-order valence-electron chi connectivity index (χ0n) is 12.6. The Labute approximate surface area is 144 Å². The molecule has 0 aromatic carbocycles. The number of morpholine rings is 2. The van der Waals surface area contributed by atoms with Crippen molar-refractivity contribution < 1.29 is 9.47 Å². The fourth-order valence-electron chi connectivity index (χ4n) is 2.29. The zero-order chi connectivity index (χ0) is 15.4. The topological polar surface area (TPSA) is 113 Å². The summed E-state index contributed by atoms with van der Waals surface area (Å²) in [6.45, 7) is 5.63. The minimum absolute atomic E-state index is 0. The fourth-order valence-corrected chi connectivity index (χ4v) is 2.74. The quantitative estimate of drug-likeness (QED) is 0.434. The summed E-state index contributed by atoms with van der Waals surface area (Å²) in [7, 11) is 0. The molecule has 11 heteroatoms. The summed E-state index contributed by atoms with van der Waals surface area (Å²) in [6, 6.07) is 0. The van der Waals surface area contributed by atoms with Gasteiger partial charge in [-0.15, -0.1) is 12.4 Å². The third-order valence-corrected chi connectivity index (χ3v) is 3.97. The molecule has 2 saturated heterocycles. The first-order chi connectivity index (χ1) is 10.7. The van der Waals surface area contributed by atoms with E-state index in [0.29, 0.717) is 43.5 Å². The smallest absolute Gasteiger partial charge is 0.231 e. The van der Waals surface area contributed by atoms with Crippen LogP contribution in [-0.2, 0) is 9.47 Å². The van der Waals surface area contributed by atoms with Gasteiger partial charge in [-0.25, -0.2) is 0 Å². The zero-order valence-corrected chi connectivity index (χ0v) is 14.2. The van der Waals surface area contributed by atoms with Gasteiger partial charge in [0.25, 0.3) is 0 Å². The molecule has 0 aliphatic carbocycles. The number of nitrogens with one attached hydrogen (secondary N) is 1. The molecule has 0 atom stereocenters. The Balaban J connectivity index is 0.00000192. The molecule has 2 fully saturated rings.